The van der Waals surface area contributed by atoms with Crippen molar-refractivity contribution in [2.24, 2.45) is 0 Å². The fourth-order valence-corrected chi connectivity index (χ4v) is 4.82. The zero-order valence-electron chi connectivity index (χ0n) is 17.9. The smallest absolute Gasteiger partial charge is 0.395 e. The Balaban J connectivity index is 2.02. The van der Waals surface area contributed by atoms with Crippen molar-refractivity contribution in [2.45, 2.75) is 50.4 Å². The number of alkyl halides is 3. The Kier molecular flexibility index (Phi) is 7.06. The van der Waals surface area contributed by atoms with E-state index in [0.717, 1.165) is 37.3 Å². The van der Waals surface area contributed by atoms with Crippen LogP contribution in [0.2, 0.25) is 0 Å². The van der Waals surface area contributed by atoms with Crippen LogP contribution in [0.4, 0.5) is 13.2 Å². The number of aliphatic hydroxyl groups is 1. The molecule has 1 atom stereocenters. The molecule has 7 heteroatoms. The van der Waals surface area contributed by atoms with E-state index in [1.165, 1.54) is 19.1 Å². The van der Waals surface area contributed by atoms with Gasteiger partial charge in [0.1, 0.15) is 0 Å². The molecule has 4 nitrogen and oxygen atoms in total. The predicted molar refractivity (Wildman–Crippen MR) is 114 cm³/mol. The Bertz CT molecular complexity index is 893. The van der Waals surface area contributed by atoms with E-state index in [9.17, 15) is 23.1 Å². The number of amides is 1. The molecule has 1 amide bonds. The number of hydrogen-bond acceptors (Lipinski definition) is 3. The molecular formula is C24H29F3N2O2. The van der Waals surface area contributed by atoms with Gasteiger partial charge in [0.05, 0.1) is 18.2 Å². The van der Waals surface area contributed by atoms with E-state index in [1.54, 1.807) is 0 Å². The van der Waals surface area contributed by atoms with Crippen molar-refractivity contribution in [3.05, 3.63) is 70.8 Å². The third-order valence-corrected chi connectivity index (χ3v) is 6.49. The van der Waals surface area contributed by atoms with Gasteiger partial charge < -0.3 is 10.4 Å². The topological polar surface area (TPSA) is 52.6 Å². The Morgan fingerprint density at radius 1 is 1.13 bits per heavy atom. The molecule has 3 rings (SSSR count). The molecule has 168 valence electrons. The van der Waals surface area contributed by atoms with Crippen molar-refractivity contribution in [2.75, 3.05) is 20.2 Å². The molecule has 0 heterocycles. The zero-order chi connectivity index (χ0) is 22.6. The van der Waals surface area contributed by atoms with Crippen molar-refractivity contribution in [1.82, 2.24) is 10.2 Å². The number of rotatable bonds is 7. The van der Waals surface area contributed by atoms with Crippen LogP contribution in [-0.4, -0.2) is 41.7 Å². The number of aliphatic hydroxyl groups excluding tert-OH is 1. The number of hydrogen-bond donors (Lipinski definition) is 2. The molecule has 0 spiro atoms. The van der Waals surface area contributed by atoms with Gasteiger partial charge in [0.2, 0.25) is 0 Å². The Labute approximate surface area is 181 Å². The first kappa shape index (κ1) is 23.3. The summed E-state index contributed by atoms with van der Waals surface area (Å²) in [6.45, 7) is 1.76. The van der Waals surface area contributed by atoms with Crippen LogP contribution in [0.25, 0.3) is 0 Å². The van der Waals surface area contributed by atoms with Crippen LogP contribution in [0.3, 0.4) is 0 Å². The summed E-state index contributed by atoms with van der Waals surface area (Å²) in [5, 5.41) is 12.6. The minimum absolute atomic E-state index is 0.0135. The number of likely N-dealkylation sites (N-methyl/N-ethyl adjacent to an activating group) is 1. The minimum Gasteiger partial charge on any atom is -0.395 e. The van der Waals surface area contributed by atoms with Crippen LogP contribution >= 0.6 is 0 Å². The summed E-state index contributed by atoms with van der Waals surface area (Å²) in [7, 11) is 1.93. The highest BCUT2D eigenvalue weighted by Gasteiger charge is 2.46. The summed E-state index contributed by atoms with van der Waals surface area (Å²) in [5.74, 6) is -0.527. The summed E-state index contributed by atoms with van der Waals surface area (Å²) in [4.78, 5) is 15.3. The third-order valence-electron chi connectivity index (χ3n) is 6.49. The highest BCUT2D eigenvalue weighted by Crippen LogP contribution is 2.44. The van der Waals surface area contributed by atoms with Crippen molar-refractivity contribution in [1.29, 1.82) is 0 Å². The van der Waals surface area contributed by atoms with Gasteiger partial charge in [0.25, 0.3) is 5.91 Å². The quantitative estimate of drug-likeness (QED) is 0.663. The average molecular weight is 435 g/mol. The molecule has 1 fully saturated rings. The fourth-order valence-electron chi connectivity index (χ4n) is 4.82. The van der Waals surface area contributed by atoms with Crippen LogP contribution < -0.4 is 5.32 Å². The van der Waals surface area contributed by atoms with Gasteiger partial charge in [0, 0.05) is 17.6 Å². The van der Waals surface area contributed by atoms with E-state index < -0.39 is 29.2 Å². The molecule has 0 radical (unpaired) electrons. The van der Waals surface area contributed by atoms with Gasteiger partial charge in [-0.2, -0.15) is 13.2 Å². The van der Waals surface area contributed by atoms with Gasteiger partial charge >= 0.3 is 6.18 Å². The molecule has 2 aromatic carbocycles. The zero-order valence-corrected chi connectivity index (χ0v) is 17.9. The van der Waals surface area contributed by atoms with Crippen molar-refractivity contribution in [3.8, 4) is 0 Å². The number of carbonyl (C=O) groups excluding carboxylic acids is 1. The Morgan fingerprint density at radius 2 is 1.77 bits per heavy atom. The van der Waals surface area contributed by atoms with Crippen LogP contribution in [0.15, 0.2) is 48.5 Å². The maximum Gasteiger partial charge on any atom is 0.416 e. The minimum atomic E-state index is -4.52. The van der Waals surface area contributed by atoms with Gasteiger partial charge in [-0.3, -0.25) is 9.69 Å². The van der Waals surface area contributed by atoms with E-state index in [-0.39, 0.29) is 17.7 Å². The highest BCUT2D eigenvalue weighted by molar-refractivity contribution is 5.96. The van der Waals surface area contributed by atoms with Crippen LogP contribution in [-0.2, 0) is 6.18 Å². The number of carbonyl (C=O) groups is 1. The predicted octanol–water partition coefficient (Wildman–Crippen LogP) is 4.72. The average Bonchev–Trinajstić information content (AvgIpc) is 3.23. The van der Waals surface area contributed by atoms with Crippen molar-refractivity contribution in [3.63, 3.8) is 0 Å². The normalized spacial score (nSPS) is 17.0. The largest absolute Gasteiger partial charge is 0.416 e. The lowest BCUT2D eigenvalue weighted by molar-refractivity contribution is -0.138. The summed E-state index contributed by atoms with van der Waals surface area (Å²) in [6.07, 6.45) is -0.905. The second-order valence-electron chi connectivity index (χ2n) is 8.25. The van der Waals surface area contributed by atoms with E-state index in [1.807, 2.05) is 37.4 Å². The number of β-amino-alcohol motifs (C(OH)–C–C–N with tert-alkyl or cyclic N) is 1. The molecular weight excluding hydrogens is 405 g/mol. The molecule has 2 aromatic rings. The first-order chi connectivity index (χ1) is 14.7. The first-order valence-electron chi connectivity index (χ1n) is 10.6. The molecule has 1 aliphatic rings. The second kappa shape index (κ2) is 9.40. The monoisotopic (exact) mass is 434 g/mol. The highest BCUT2D eigenvalue weighted by atomic mass is 19.4. The van der Waals surface area contributed by atoms with Crippen molar-refractivity contribution < 1.29 is 23.1 Å². The molecule has 0 aliphatic heterocycles. The lowest BCUT2D eigenvalue weighted by Crippen LogP contribution is -2.55. The Hall–Kier alpha value is -2.38. The number of nitrogens with one attached hydrogen (secondary N) is 1. The van der Waals surface area contributed by atoms with Gasteiger partial charge in [-0.1, -0.05) is 49.2 Å². The first-order valence-corrected chi connectivity index (χ1v) is 10.6. The number of halogens is 3. The van der Waals surface area contributed by atoms with Gasteiger partial charge in [-0.05, 0) is 50.1 Å². The van der Waals surface area contributed by atoms with E-state index in [2.05, 4.69) is 10.2 Å². The van der Waals surface area contributed by atoms with Gasteiger partial charge in [-0.15, -0.1) is 0 Å². The van der Waals surface area contributed by atoms with Crippen molar-refractivity contribution >= 4 is 5.91 Å². The molecule has 0 bridgehead atoms. The molecule has 2 N–H and O–H groups in total. The number of nitrogens with zero attached hydrogens (tertiary/aromatic N) is 1. The number of benzene rings is 2. The molecule has 1 aliphatic carbocycles. The maximum absolute atomic E-state index is 13.4. The summed E-state index contributed by atoms with van der Waals surface area (Å²) >= 11 is 0. The van der Waals surface area contributed by atoms with E-state index in [4.69, 9.17) is 0 Å². The summed E-state index contributed by atoms with van der Waals surface area (Å²) < 4.78 is 40.1. The van der Waals surface area contributed by atoms with Crippen LogP contribution in [0.5, 0.6) is 0 Å². The lowest BCUT2D eigenvalue weighted by atomic mass is 9.81. The molecule has 0 saturated heterocycles. The van der Waals surface area contributed by atoms with Gasteiger partial charge in [0.15, 0.2) is 0 Å². The van der Waals surface area contributed by atoms with Crippen LogP contribution in [0.1, 0.15) is 58.8 Å². The van der Waals surface area contributed by atoms with Gasteiger partial charge in [-0.25, -0.2) is 0 Å². The lowest BCUT2D eigenvalue weighted by Gasteiger charge is -2.45. The SMILES string of the molecule is Cc1c(C(=O)NC(c2ccccc2)C2(N(C)CCO)CCCC2)cccc1C(F)(F)F. The van der Waals surface area contributed by atoms with Crippen LogP contribution in [0, 0.1) is 6.92 Å². The second-order valence-corrected chi connectivity index (χ2v) is 8.25. The molecule has 1 unspecified atom stereocenters. The summed E-state index contributed by atoms with van der Waals surface area (Å²) in [6, 6.07) is 12.8. The maximum atomic E-state index is 13.4. The third kappa shape index (κ3) is 4.77. The molecule has 31 heavy (non-hydrogen) atoms. The molecule has 1 saturated carbocycles. The standard InChI is InChI=1S/C24H29F3N2O2/c1-17-19(11-8-12-20(17)24(25,26)27)22(31)28-21(18-9-4-3-5-10-18)23(13-6-7-14-23)29(2)15-16-30/h3-5,8-12,21,30H,6-7,13-16H2,1-2H3,(H,28,31). The van der Waals surface area contributed by atoms with E-state index >= 15 is 0 Å². The summed E-state index contributed by atoms with van der Waals surface area (Å²) in [5.41, 5.74) is -0.385. The van der Waals surface area contributed by atoms with E-state index in [0.29, 0.717) is 6.54 Å². The fraction of sp³-hybridized carbons (Fsp3) is 0.458. The molecule has 0 aromatic heterocycles. The Morgan fingerprint density at radius 3 is 2.35 bits per heavy atom.